The molecule has 5 heteroatoms. The number of aromatic nitrogens is 1. The second-order valence-electron chi connectivity index (χ2n) is 6.91. The maximum atomic E-state index is 6.11. The highest BCUT2D eigenvalue weighted by Crippen LogP contribution is 2.40. The van der Waals surface area contributed by atoms with Crippen LogP contribution in [0.1, 0.15) is 24.8 Å². The molecule has 2 aromatic heterocycles. The first-order valence-electron chi connectivity index (χ1n) is 8.73. The first-order chi connectivity index (χ1) is 11.8. The lowest BCUT2D eigenvalue weighted by atomic mass is 9.73. The Morgan fingerprint density at radius 1 is 1.33 bits per heavy atom. The van der Waals surface area contributed by atoms with Crippen molar-refractivity contribution < 1.29 is 13.9 Å². The van der Waals surface area contributed by atoms with Crippen LogP contribution >= 0.6 is 0 Å². The van der Waals surface area contributed by atoms with Gasteiger partial charge in [0.05, 0.1) is 25.2 Å². The SMILES string of the molecule is c1ccc(OC[C@]23CCCO[C@H]2CCN(Cc2ccoc2)C3)nc1. The summed E-state index contributed by atoms with van der Waals surface area (Å²) in [5.41, 5.74) is 1.28. The summed E-state index contributed by atoms with van der Waals surface area (Å²) in [4.78, 5) is 6.79. The zero-order valence-electron chi connectivity index (χ0n) is 13.9. The van der Waals surface area contributed by atoms with Crippen LogP contribution in [-0.2, 0) is 11.3 Å². The van der Waals surface area contributed by atoms with Crippen LogP contribution in [0.2, 0.25) is 0 Å². The molecule has 0 amide bonds. The molecule has 4 rings (SSSR count). The molecule has 2 aliphatic heterocycles. The van der Waals surface area contributed by atoms with Gasteiger partial charge in [-0.3, -0.25) is 4.90 Å². The molecule has 24 heavy (non-hydrogen) atoms. The number of furan rings is 1. The molecular formula is C19H24N2O3. The minimum Gasteiger partial charge on any atom is -0.477 e. The van der Waals surface area contributed by atoms with Crippen molar-refractivity contribution in [2.75, 3.05) is 26.3 Å². The maximum Gasteiger partial charge on any atom is 0.213 e. The molecule has 2 atom stereocenters. The van der Waals surface area contributed by atoms with Crippen LogP contribution in [-0.4, -0.2) is 42.3 Å². The molecule has 0 spiro atoms. The minimum absolute atomic E-state index is 0.0533. The molecule has 128 valence electrons. The van der Waals surface area contributed by atoms with Crippen molar-refractivity contribution in [2.24, 2.45) is 5.41 Å². The van der Waals surface area contributed by atoms with E-state index in [1.807, 2.05) is 30.5 Å². The van der Waals surface area contributed by atoms with E-state index in [9.17, 15) is 0 Å². The topological polar surface area (TPSA) is 47.7 Å². The Labute approximate surface area is 142 Å². The smallest absolute Gasteiger partial charge is 0.213 e. The van der Waals surface area contributed by atoms with Gasteiger partial charge in [0.2, 0.25) is 5.88 Å². The summed E-state index contributed by atoms with van der Waals surface area (Å²) in [6.07, 6.45) is 8.94. The summed E-state index contributed by atoms with van der Waals surface area (Å²) in [7, 11) is 0. The molecule has 0 aliphatic carbocycles. The molecule has 0 aromatic carbocycles. The van der Waals surface area contributed by atoms with E-state index in [-0.39, 0.29) is 11.5 Å². The summed E-state index contributed by atoms with van der Waals surface area (Å²) < 4.78 is 17.4. The van der Waals surface area contributed by atoms with Crippen molar-refractivity contribution in [1.29, 1.82) is 0 Å². The van der Waals surface area contributed by atoms with E-state index in [1.54, 1.807) is 12.5 Å². The third kappa shape index (κ3) is 3.32. The molecule has 4 heterocycles. The molecule has 0 unspecified atom stereocenters. The van der Waals surface area contributed by atoms with Crippen LogP contribution in [0.15, 0.2) is 47.4 Å². The number of fused-ring (bicyclic) bond motifs is 1. The van der Waals surface area contributed by atoms with Gasteiger partial charge in [0.1, 0.15) is 0 Å². The highest BCUT2D eigenvalue weighted by atomic mass is 16.5. The quantitative estimate of drug-likeness (QED) is 0.844. The Hall–Kier alpha value is -1.85. The predicted octanol–water partition coefficient (Wildman–Crippen LogP) is 3.12. The second-order valence-corrected chi connectivity index (χ2v) is 6.91. The average Bonchev–Trinajstić information content (AvgIpc) is 3.14. The number of ether oxygens (including phenoxy) is 2. The minimum atomic E-state index is 0.0533. The van der Waals surface area contributed by atoms with E-state index in [0.717, 1.165) is 45.5 Å². The first kappa shape index (κ1) is 15.7. The molecule has 0 saturated carbocycles. The number of hydrogen-bond acceptors (Lipinski definition) is 5. The fraction of sp³-hybridized carbons (Fsp3) is 0.526. The standard InChI is InChI=1S/C19H24N2O3/c1-2-8-20-18(4-1)24-15-19-7-3-10-23-17(19)5-9-21(14-19)12-16-6-11-22-13-16/h1-2,4,6,8,11,13,17H,3,5,7,9-10,12,14-15H2/t17-,19+/m0/s1. The summed E-state index contributed by atoms with van der Waals surface area (Å²) in [6, 6.07) is 7.83. The third-order valence-corrected chi connectivity index (χ3v) is 5.20. The normalized spacial score (nSPS) is 27.6. The lowest BCUT2D eigenvalue weighted by Gasteiger charge is -2.50. The average molecular weight is 328 g/mol. The van der Waals surface area contributed by atoms with Crippen molar-refractivity contribution in [3.8, 4) is 5.88 Å². The number of hydrogen-bond donors (Lipinski definition) is 0. The maximum absolute atomic E-state index is 6.11. The summed E-state index contributed by atoms with van der Waals surface area (Å²) >= 11 is 0. The lowest BCUT2D eigenvalue weighted by molar-refractivity contribution is -0.141. The number of likely N-dealkylation sites (tertiary alicyclic amines) is 1. The molecule has 2 saturated heterocycles. The van der Waals surface area contributed by atoms with Gasteiger partial charge in [-0.2, -0.15) is 0 Å². The van der Waals surface area contributed by atoms with E-state index in [2.05, 4.69) is 9.88 Å². The molecule has 0 radical (unpaired) electrons. The fourth-order valence-corrected chi connectivity index (χ4v) is 4.02. The van der Waals surface area contributed by atoms with Crippen molar-refractivity contribution >= 4 is 0 Å². The molecule has 5 nitrogen and oxygen atoms in total. The Kier molecular flexibility index (Phi) is 4.54. The number of pyridine rings is 1. The molecule has 0 N–H and O–H groups in total. The number of nitrogens with zero attached hydrogens (tertiary/aromatic N) is 2. The van der Waals surface area contributed by atoms with Crippen molar-refractivity contribution in [1.82, 2.24) is 9.88 Å². The number of rotatable bonds is 5. The molecule has 2 fully saturated rings. The molecule has 0 bridgehead atoms. The van der Waals surface area contributed by atoms with Gasteiger partial charge in [-0.1, -0.05) is 6.07 Å². The Morgan fingerprint density at radius 3 is 3.17 bits per heavy atom. The van der Waals surface area contributed by atoms with Crippen molar-refractivity contribution in [3.63, 3.8) is 0 Å². The Morgan fingerprint density at radius 2 is 2.33 bits per heavy atom. The molecule has 2 aromatic rings. The van der Waals surface area contributed by atoms with Gasteiger partial charge in [-0.05, 0) is 31.4 Å². The van der Waals surface area contributed by atoms with Gasteiger partial charge >= 0.3 is 0 Å². The van der Waals surface area contributed by atoms with Crippen LogP contribution in [0.4, 0.5) is 0 Å². The largest absolute Gasteiger partial charge is 0.477 e. The Bertz CT molecular complexity index is 631. The lowest BCUT2D eigenvalue weighted by Crippen LogP contribution is -2.57. The van der Waals surface area contributed by atoms with Crippen LogP contribution < -0.4 is 4.74 Å². The van der Waals surface area contributed by atoms with E-state index in [0.29, 0.717) is 12.5 Å². The van der Waals surface area contributed by atoms with Crippen molar-refractivity contribution in [2.45, 2.75) is 31.9 Å². The van der Waals surface area contributed by atoms with Gasteiger partial charge < -0.3 is 13.9 Å². The van der Waals surface area contributed by atoms with E-state index in [4.69, 9.17) is 13.9 Å². The monoisotopic (exact) mass is 328 g/mol. The summed E-state index contributed by atoms with van der Waals surface area (Å²) in [6.45, 7) is 4.51. The van der Waals surface area contributed by atoms with Gasteiger partial charge in [0.15, 0.2) is 0 Å². The Balaban J connectivity index is 1.47. The zero-order valence-corrected chi connectivity index (χ0v) is 13.9. The zero-order chi connectivity index (χ0) is 16.2. The van der Waals surface area contributed by atoms with Crippen LogP contribution in [0, 0.1) is 5.41 Å². The highest BCUT2D eigenvalue weighted by Gasteiger charge is 2.46. The van der Waals surface area contributed by atoms with Gasteiger partial charge in [-0.15, -0.1) is 0 Å². The fourth-order valence-electron chi connectivity index (χ4n) is 4.02. The highest BCUT2D eigenvalue weighted by molar-refractivity contribution is 5.11. The van der Waals surface area contributed by atoms with Crippen LogP contribution in [0.25, 0.3) is 0 Å². The van der Waals surface area contributed by atoms with Gasteiger partial charge in [0.25, 0.3) is 0 Å². The predicted molar refractivity (Wildman–Crippen MR) is 89.7 cm³/mol. The first-order valence-corrected chi connectivity index (χ1v) is 8.73. The van der Waals surface area contributed by atoms with E-state index >= 15 is 0 Å². The molecular weight excluding hydrogens is 304 g/mol. The number of piperidine rings is 1. The third-order valence-electron chi connectivity index (χ3n) is 5.20. The van der Waals surface area contributed by atoms with Crippen molar-refractivity contribution in [3.05, 3.63) is 48.6 Å². The molecule has 2 aliphatic rings. The van der Waals surface area contributed by atoms with Gasteiger partial charge in [-0.25, -0.2) is 4.98 Å². The van der Waals surface area contributed by atoms with Crippen LogP contribution in [0.5, 0.6) is 5.88 Å². The van der Waals surface area contributed by atoms with Crippen LogP contribution in [0.3, 0.4) is 0 Å². The second kappa shape index (κ2) is 6.95. The van der Waals surface area contributed by atoms with E-state index < -0.39 is 0 Å². The van der Waals surface area contributed by atoms with E-state index in [1.165, 1.54) is 5.56 Å². The summed E-state index contributed by atoms with van der Waals surface area (Å²) in [5, 5.41) is 0. The van der Waals surface area contributed by atoms with Gasteiger partial charge in [0, 0.05) is 49.5 Å². The summed E-state index contributed by atoms with van der Waals surface area (Å²) in [5.74, 6) is 0.697.